The zero-order valence-electron chi connectivity index (χ0n) is 18.6. The van der Waals surface area contributed by atoms with Gasteiger partial charge in [0.15, 0.2) is 0 Å². The van der Waals surface area contributed by atoms with Crippen LogP contribution in [-0.4, -0.2) is 58.8 Å². The SMILES string of the molecule is CN(C)C(=O)C1(Cc2cccc(-c3ccccc3)c2)CCCN(C(=O)c2cnccn2)C1. The molecule has 0 radical (unpaired) electrons. The van der Waals surface area contributed by atoms with Crippen LogP contribution in [0, 0.1) is 5.41 Å². The van der Waals surface area contributed by atoms with Crippen LogP contribution in [0.5, 0.6) is 0 Å². The van der Waals surface area contributed by atoms with Crippen molar-refractivity contribution in [2.45, 2.75) is 19.3 Å². The summed E-state index contributed by atoms with van der Waals surface area (Å²) in [5.74, 6) is -0.119. The first kappa shape index (κ1) is 21.7. The van der Waals surface area contributed by atoms with Crippen molar-refractivity contribution in [1.82, 2.24) is 19.8 Å². The number of amides is 2. The van der Waals surface area contributed by atoms with E-state index in [2.05, 4.69) is 40.3 Å². The van der Waals surface area contributed by atoms with E-state index in [4.69, 9.17) is 0 Å². The fourth-order valence-corrected chi connectivity index (χ4v) is 4.63. The number of aromatic nitrogens is 2. The van der Waals surface area contributed by atoms with E-state index in [9.17, 15) is 9.59 Å². The first-order valence-electron chi connectivity index (χ1n) is 10.9. The van der Waals surface area contributed by atoms with Crippen molar-refractivity contribution < 1.29 is 9.59 Å². The molecule has 32 heavy (non-hydrogen) atoms. The Morgan fingerprint density at radius 3 is 2.53 bits per heavy atom. The molecular weight excluding hydrogens is 400 g/mol. The minimum absolute atomic E-state index is 0.0549. The van der Waals surface area contributed by atoms with Gasteiger partial charge in [0, 0.05) is 39.6 Å². The highest BCUT2D eigenvalue weighted by Gasteiger charge is 2.44. The lowest BCUT2D eigenvalue weighted by Gasteiger charge is -2.43. The molecule has 4 rings (SSSR count). The summed E-state index contributed by atoms with van der Waals surface area (Å²) in [4.78, 5) is 38.1. The van der Waals surface area contributed by atoms with E-state index < -0.39 is 5.41 Å². The number of rotatable bonds is 5. The van der Waals surface area contributed by atoms with E-state index in [-0.39, 0.29) is 11.8 Å². The van der Waals surface area contributed by atoms with Crippen LogP contribution in [0.2, 0.25) is 0 Å². The summed E-state index contributed by atoms with van der Waals surface area (Å²) in [5.41, 5.74) is 3.00. The maximum atomic E-state index is 13.4. The Hall–Kier alpha value is -3.54. The molecule has 2 heterocycles. The highest BCUT2D eigenvalue weighted by molar-refractivity contribution is 5.93. The third-order valence-electron chi connectivity index (χ3n) is 6.08. The summed E-state index contributed by atoms with van der Waals surface area (Å²) in [6, 6.07) is 18.6. The van der Waals surface area contributed by atoms with Crippen molar-refractivity contribution in [3.05, 3.63) is 84.4 Å². The molecule has 1 atom stereocenters. The van der Waals surface area contributed by atoms with Gasteiger partial charge in [0.05, 0.1) is 11.6 Å². The van der Waals surface area contributed by atoms with Crippen LogP contribution in [0.3, 0.4) is 0 Å². The number of hydrogen-bond acceptors (Lipinski definition) is 4. The van der Waals surface area contributed by atoms with Gasteiger partial charge in [-0.05, 0) is 36.0 Å². The molecule has 0 N–H and O–H groups in total. The summed E-state index contributed by atoms with van der Waals surface area (Å²) in [6.45, 7) is 0.983. The largest absolute Gasteiger partial charge is 0.348 e. The summed E-state index contributed by atoms with van der Waals surface area (Å²) in [6.07, 6.45) is 6.63. The average Bonchev–Trinajstić information content (AvgIpc) is 2.84. The van der Waals surface area contributed by atoms with Crippen LogP contribution in [0.1, 0.15) is 28.9 Å². The van der Waals surface area contributed by atoms with Crippen LogP contribution < -0.4 is 0 Å². The van der Waals surface area contributed by atoms with Gasteiger partial charge in [0.1, 0.15) is 5.69 Å². The Labute approximate surface area is 188 Å². The standard InChI is InChI=1S/C26H28N4O2/c1-29(2)25(32)26(12-7-15-30(19-26)24(31)23-18-27-13-14-28-23)17-20-8-6-11-22(16-20)21-9-4-3-5-10-21/h3-6,8-11,13-14,16,18H,7,12,15,17,19H2,1-2H3. The molecule has 2 aromatic carbocycles. The van der Waals surface area contributed by atoms with E-state index in [1.807, 2.05) is 24.3 Å². The van der Waals surface area contributed by atoms with E-state index in [1.54, 1.807) is 30.1 Å². The Balaban J connectivity index is 1.64. The molecule has 1 aliphatic rings. The Morgan fingerprint density at radius 1 is 1.03 bits per heavy atom. The molecule has 0 aliphatic carbocycles. The maximum absolute atomic E-state index is 13.4. The number of carbonyl (C=O) groups is 2. The second-order valence-electron chi connectivity index (χ2n) is 8.64. The molecule has 6 nitrogen and oxygen atoms in total. The van der Waals surface area contributed by atoms with Gasteiger partial charge in [0.25, 0.3) is 5.91 Å². The van der Waals surface area contributed by atoms with Gasteiger partial charge in [-0.1, -0.05) is 54.6 Å². The molecular formula is C26H28N4O2. The molecule has 0 bridgehead atoms. The Bertz CT molecular complexity index is 1090. The summed E-state index contributed by atoms with van der Waals surface area (Å²) in [5, 5.41) is 0. The number of benzene rings is 2. The number of nitrogens with zero attached hydrogens (tertiary/aromatic N) is 4. The molecule has 1 aliphatic heterocycles. The van der Waals surface area contributed by atoms with Gasteiger partial charge in [0.2, 0.25) is 5.91 Å². The molecule has 6 heteroatoms. The van der Waals surface area contributed by atoms with Gasteiger partial charge >= 0.3 is 0 Å². The minimum Gasteiger partial charge on any atom is -0.348 e. The van der Waals surface area contributed by atoms with E-state index >= 15 is 0 Å². The van der Waals surface area contributed by atoms with Crippen molar-refractivity contribution >= 4 is 11.8 Å². The van der Waals surface area contributed by atoms with Gasteiger partial charge in [-0.15, -0.1) is 0 Å². The fraction of sp³-hybridized carbons (Fsp3) is 0.308. The zero-order chi connectivity index (χ0) is 22.6. The van der Waals surface area contributed by atoms with Crippen molar-refractivity contribution in [3.63, 3.8) is 0 Å². The second-order valence-corrected chi connectivity index (χ2v) is 8.64. The maximum Gasteiger partial charge on any atom is 0.274 e. The van der Waals surface area contributed by atoms with Crippen LogP contribution in [0.25, 0.3) is 11.1 Å². The smallest absolute Gasteiger partial charge is 0.274 e. The molecule has 0 spiro atoms. The second kappa shape index (κ2) is 9.30. The third kappa shape index (κ3) is 4.54. The van der Waals surface area contributed by atoms with E-state index in [0.717, 1.165) is 29.5 Å². The highest BCUT2D eigenvalue weighted by Crippen LogP contribution is 2.36. The van der Waals surface area contributed by atoms with Crippen molar-refractivity contribution in [2.24, 2.45) is 5.41 Å². The monoisotopic (exact) mass is 428 g/mol. The van der Waals surface area contributed by atoms with Crippen molar-refractivity contribution in [3.8, 4) is 11.1 Å². The van der Waals surface area contributed by atoms with Gasteiger partial charge < -0.3 is 9.80 Å². The first-order valence-corrected chi connectivity index (χ1v) is 10.9. The molecule has 1 fully saturated rings. The van der Waals surface area contributed by atoms with Crippen LogP contribution in [-0.2, 0) is 11.2 Å². The quantitative estimate of drug-likeness (QED) is 0.622. The zero-order valence-corrected chi connectivity index (χ0v) is 18.6. The molecule has 0 saturated carbocycles. The molecule has 1 unspecified atom stereocenters. The van der Waals surface area contributed by atoms with E-state index in [0.29, 0.717) is 25.2 Å². The van der Waals surface area contributed by atoms with Gasteiger partial charge in [-0.3, -0.25) is 14.6 Å². The minimum atomic E-state index is -0.672. The molecule has 1 saturated heterocycles. The predicted octanol–water partition coefficient (Wildman–Crippen LogP) is 3.70. The van der Waals surface area contributed by atoms with Crippen LogP contribution in [0.15, 0.2) is 73.2 Å². The summed E-state index contributed by atoms with van der Waals surface area (Å²) >= 11 is 0. The third-order valence-corrected chi connectivity index (χ3v) is 6.08. The average molecular weight is 429 g/mol. The Kier molecular flexibility index (Phi) is 6.30. The lowest BCUT2D eigenvalue weighted by Crippen LogP contribution is -2.54. The number of carbonyl (C=O) groups excluding carboxylic acids is 2. The van der Waals surface area contributed by atoms with Gasteiger partial charge in [-0.2, -0.15) is 0 Å². The predicted molar refractivity (Wildman–Crippen MR) is 124 cm³/mol. The van der Waals surface area contributed by atoms with Crippen LogP contribution in [0.4, 0.5) is 0 Å². The fourth-order valence-electron chi connectivity index (χ4n) is 4.63. The normalized spacial score (nSPS) is 18.2. The lowest BCUT2D eigenvalue weighted by atomic mass is 9.73. The highest BCUT2D eigenvalue weighted by atomic mass is 16.2. The number of piperidine rings is 1. The van der Waals surface area contributed by atoms with Crippen molar-refractivity contribution in [1.29, 1.82) is 0 Å². The molecule has 164 valence electrons. The van der Waals surface area contributed by atoms with Crippen LogP contribution >= 0.6 is 0 Å². The lowest BCUT2D eigenvalue weighted by molar-refractivity contribution is -0.142. The van der Waals surface area contributed by atoms with Gasteiger partial charge in [-0.25, -0.2) is 4.98 Å². The number of likely N-dealkylation sites (tertiary alicyclic amines) is 1. The summed E-state index contributed by atoms with van der Waals surface area (Å²) in [7, 11) is 3.57. The van der Waals surface area contributed by atoms with Crippen molar-refractivity contribution in [2.75, 3.05) is 27.2 Å². The molecule has 1 aromatic heterocycles. The Morgan fingerprint density at radius 2 is 1.81 bits per heavy atom. The first-order chi connectivity index (χ1) is 15.5. The van der Waals surface area contributed by atoms with E-state index in [1.165, 1.54) is 12.4 Å². The molecule has 2 amide bonds. The summed E-state index contributed by atoms with van der Waals surface area (Å²) < 4.78 is 0. The topological polar surface area (TPSA) is 66.4 Å². The number of hydrogen-bond donors (Lipinski definition) is 0. The molecule has 3 aromatic rings.